The molecule has 6 heteroatoms. The van der Waals surface area contributed by atoms with Gasteiger partial charge in [0.2, 0.25) is 5.91 Å². The Bertz CT molecular complexity index is 677. The molecule has 0 atom stereocenters. The van der Waals surface area contributed by atoms with Crippen molar-refractivity contribution < 1.29 is 4.79 Å². The van der Waals surface area contributed by atoms with Crippen molar-refractivity contribution in [1.29, 1.82) is 0 Å². The number of carbonyl (C=O) groups excluding carboxylic acids is 1. The van der Waals surface area contributed by atoms with Crippen LogP contribution in [0, 0.1) is 12.8 Å². The molecule has 2 aliphatic rings. The fourth-order valence-corrected chi connectivity index (χ4v) is 3.93. The molecule has 1 aromatic rings. The lowest BCUT2D eigenvalue weighted by Gasteiger charge is -2.38. The van der Waals surface area contributed by atoms with E-state index in [2.05, 4.69) is 63.2 Å². The maximum Gasteiger partial charge on any atom is 0.225 e. The number of nitrogens with one attached hydrogen (secondary N) is 1. The highest BCUT2D eigenvalue weighted by Gasteiger charge is 2.31. The number of hydrogen-bond acceptors (Lipinski definition) is 3. The average Bonchev–Trinajstić information content (AvgIpc) is 2.66. The number of aryl methyl sites for hydroxylation is 1. The number of aliphatic imine (C=N–C) groups is 1. The first kappa shape index (κ1) is 20.6. The average molecular weight is 386 g/mol. The van der Waals surface area contributed by atoms with Crippen LogP contribution >= 0.6 is 0 Å². The predicted molar refractivity (Wildman–Crippen MR) is 114 cm³/mol. The van der Waals surface area contributed by atoms with Crippen molar-refractivity contribution in [2.24, 2.45) is 10.9 Å². The molecule has 0 spiro atoms. The summed E-state index contributed by atoms with van der Waals surface area (Å²) in [4.78, 5) is 23.5. The van der Waals surface area contributed by atoms with E-state index in [0.29, 0.717) is 11.8 Å². The first-order chi connectivity index (χ1) is 13.6. The van der Waals surface area contributed by atoms with E-state index in [0.717, 1.165) is 64.6 Å². The third kappa shape index (κ3) is 5.25. The number of guanidine groups is 1. The zero-order chi connectivity index (χ0) is 19.9. The SMILES string of the molecule is CN=C(NCCN1CCN(C(=O)C2CCC2)CC1)N(C)Cc1ccccc1C. The summed E-state index contributed by atoms with van der Waals surface area (Å²) >= 11 is 0. The molecule has 1 heterocycles. The van der Waals surface area contributed by atoms with E-state index in [9.17, 15) is 4.79 Å². The molecule has 1 saturated carbocycles. The predicted octanol–water partition coefficient (Wildman–Crippen LogP) is 1.95. The molecule has 1 aromatic carbocycles. The normalized spacial score (nSPS) is 18.7. The van der Waals surface area contributed by atoms with Crippen LogP contribution in [0.25, 0.3) is 0 Å². The maximum absolute atomic E-state index is 12.4. The van der Waals surface area contributed by atoms with Crippen LogP contribution in [0.3, 0.4) is 0 Å². The van der Waals surface area contributed by atoms with E-state index in [1.54, 1.807) is 0 Å². The Morgan fingerprint density at radius 3 is 2.54 bits per heavy atom. The van der Waals surface area contributed by atoms with Gasteiger partial charge in [0.1, 0.15) is 0 Å². The Balaban J connectivity index is 1.38. The van der Waals surface area contributed by atoms with Gasteiger partial charge in [0, 0.05) is 65.8 Å². The quantitative estimate of drug-likeness (QED) is 0.601. The van der Waals surface area contributed by atoms with Crippen molar-refractivity contribution in [3.05, 3.63) is 35.4 Å². The van der Waals surface area contributed by atoms with Gasteiger partial charge >= 0.3 is 0 Å². The Kier molecular flexibility index (Phi) is 7.31. The van der Waals surface area contributed by atoms with Gasteiger partial charge in [0.05, 0.1) is 0 Å². The van der Waals surface area contributed by atoms with Gasteiger partial charge in [-0.15, -0.1) is 0 Å². The Labute approximate surface area is 169 Å². The van der Waals surface area contributed by atoms with Crippen molar-refractivity contribution >= 4 is 11.9 Å². The first-order valence-electron chi connectivity index (χ1n) is 10.6. The molecular weight excluding hydrogens is 350 g/mol. The molecule has 0 aromatic heterocycles. The largest absolute Gasteiger partial charge is 0.355 e. The van der Waals surface area contributed by atoms with E-state index < -0.39 is 0 Å². The van der Waals surface area contributed by atoms with Crippen LogP contribution < -0.4 is 5.32 Å². The van der Waals surface area contributed by atoms with Crippen LogP contribution in [0.2, 0.25) is 0 Å². The van der Waals surface area contributed by atoms with Gasteiger partial charge in [-0.25, -0.2) is 0 Å². The highest BCUT2D eigenvalue weighted by atomic mass is 16.2. The Morgan fingerprint density at radius 2 is 1.93 bits per heavy atom. The smallest absolute Gasteiger partial charge is 0.225 e. The molecule has 154 valence electrons. The highest BCUT2D eigenvalue weighted by Crippen LogP contribution is 2.28. The van der Waals surface area contributed by atoms with Gasteiger partial charge in [-0.05, 0) is 30.9 Å². The van der Waals surface area contributed by atoms with E-state index in [-0.39, 0.29) is 0 Å². The van der Waals surface area contributed by atoms with E-state index >= 15 is 0 Å². The fraction of sp³-hybridized carbons (Fsp3) is 0.636. The van der Waals surface area contributed by atoms with Crippen molar-refractivity contribution in [2.75, 3.05) is 53.4 Å². The minimum absolute atomic E-state index is 0.320. The van der Waals surface area contributed by atoms with Gasteiger partial charge < -0.3 is 15.1 Å². The van der Waals surface area contributed by atoms with Crippen molar-refractivity contribution in [1.82, 2.24) is 20.0 Å². The Hall–Kier alpha value is -2.08. The standard InChI is InChI=1S/C22H35N5O/c1-18-7-4-5-8-20(18)17-25(3)22(23-2)24-11-12-26-13-15-27(16-14-26)21(28)19-9-6-10-19/h4-5,7-8,19H,6,9-17H2,1-3H3,(H,23,24). The van der Waals surface area contributed by atoms with Gasteiger partial charge in [-0.2, -0.15) is 0 Å². The molecule has 28 heavy (non-hydrogen) atoms. The summed E-state index contributed by atoms with van der Waals surface area (Å²) in [6.45, 7) is 8.51. The summed E-state index contributed by atoms with van der Waals surface area (Å²) in [6, 6.07) is 8.48. The number of rotatable bonds is 6. The first-order valence-corrected chi connectivity index (χ1v) is 10.6. The summed E-state index contributed by atoms with van der Waals surface area (Å²) in [7, 11) is 3.91. The number of hydrogen-bond donors (Lipinski definition) is 1. The van der Waals surface area contributed by atoms with Crippen LogP contribution in [0.4, 0.5) is 0 Å². The molecule has 1 saturated heterocycles. The summed E-state index contributed by atoms with van der Waals surface area (Å²) < 4.78 is 0. The minimum Gasteiger partial charge on any atom is -0.355 e. The van der Waals surface area contributed by atoms with E-state index in [1.807, 2.05) is 7.05 Å². The summed E-state index contributed by atoms with van der Waals surface area (Å²) in [5.74, 6) is 1.63. The summed E-state index contributed by atoms with van der Waals surface area (Å²) in [5, 5.41) is 3.48. The number of amides is 1. The highest BCUT2D eigenvalue weighted by molar-refractivity contribution is 5.80. The van der Waals surface area contributed by atoms with Gasteiger partial charge in [0.25, 0.3) is 0 Å². The molecule has 3 rings (SSSR count). The lowest BCUT2D eigenvalue weighted by atomic mass is 9.84. The summed E-state index contributed by atoms with van der Waals surface area (Å²) in [6.07, 6.45) is 3.41. The number of carbonyl (C=O) groups is 1. The molecule has 0 bridgehead atoms. The molecular formula is C22H35N5O. The Morgan fingerprint density at radius 1 is 1.21 bits per heavy atom. The zero-order valence-electron chi connectivity index (χ0n) is 17.7. The lowest BCUT2D eigenvalue weighted by Crippen LogP contribution is -2.52. The molecule has 0 unspecified atom stereocenters. The number of benzene rings is 1. The molecule has 1 aliphatic carbocycles. The number of nitrogens with zero attached hydrogens (tertiary/aromatic N) is 4. The second-order valence-corrected chi connectivity index (χ2v) is 8.05. The zero-order valence-corrected chi connectivity index (χ0v) is 17.7. The minimum atomic E-state index is 0.320. The van der Waals surface area contributed by atoms with Gasteiger partial charge in [0.15, 0.2) is 5.96 Å². The van der Waals surface area contributed by atoms with Crippen molar-refractivity contribution in [3.63, 3.8) is 0 Å². The molecule has 1 amide bonds. The molecule has 6 nitrogen and oxygen atoms in total. The summed E-state index contributed by atoms with van der Waals surface area (Å²) in [5.41, 5.74) is 2.62. The topological polar surface area (TPSA) is 51.2 Å². The second-order valence-electron chi connectivity index (χ2n) is 8.05. The molecule has 0 radical (unpaired) electrons. The molecule has 2 fully saturated rings. The van der Waals surface area contributed by atoms with Crippen molar-refractivity contribution in [3.8, 4) is 0 Å². The van der Waals surface area contributed by atoms with Crippen LogP contribution in [0.1, 0.15) is 30.4 Å². The van der Waals surface area contributed by atoms with Gasteiger partial charge in [-0.1, -0.05) is 30.7 Å². The monoisotopic (exact) mass is 385 g/mol. The van der Waals surface area contributed by atoms with Crippen LogP contribution in [-0.4, -0.2) is 79.9 Å². The van der Waals surface area contributed by atoms with Crippen molar-refractivity contribution in [2.45, 2.75) is 32.7 Å². The lowest BCUT2D eigenvalue weighted by molar-refractivity contribution is -0.139. The molecule has 1 aliphatic heterocycles. The third-order valence-electron chi connectivity index (χ3n) is 6.09. The number of piperazine rings is 1. The fourth-order valence-electron chi connectivity index (χ4n) is 3.93. The maximum atomic E-state index is 12.4. The van der Waals surface area contributed by atoms with Crippen LogP contribution in [-0.2, 0) is 11.3 Å². The molecule has 1 N–H and O–H groups in total. The van der Waals surface area contributed by atoms with Crippen LogP contribution in [0.15, 0.2) is 29.3 Å². The van der Waals surface area contributed by atoms with E-state index in [4.69, 9.17) is 0 Å². The van der Waals surface area contributed by atoms with E-state index in [1.165, 1.54) is 17.5 Å². The van der Waals surface area contributed by atoms with Crippen LogP contribution in [0.5, 0.6) is 0 Å². The van der Waals surface area contributed by atoms with Gasteiger partial charge in [-0.3, -0.25) is 14.7 Å². The third-order valence-corrected chi connectivity index (χ3v) is 6.09. The second kappa shape index (κ2) is 9.92.